The third-order valence-electron chi connectivity index (χ3n) is 11.1. The Balaban J connectivity index is 1.28. The molecule has 1 spiro atoms. The van der Waals surface area contributed by atoms with E-state index in [1.54, 1.807) is 0 Å². The second kappa shape index (κ2) is 8.47. The highest BCUT2D eigenvalue weighted by atomic mass is 16.1. The number of ketones is 1. The monoisotopic (exact) mass is 582 g/mol. The lowest BCUT2D eigenvalue weighted by atomic mass is 9.70. The first-order valence-electron chi connectivity index (χ1n) is 16.1. The van der Waals surface area contributed by atoms with Crippen molar-refractivity contribution in [2.45, 2.75) is 11.3 Å². The Morgan fingerprint density at radius 3 is 1.57 bits per heavy atom. The number of hydrogen-bond acceptors (Lipinski definition) is 1. The second-order valence-electron chi connectivity index (χ2n) is 13.0. The van der Waals surface area contributed by atoms with Crippen molar-refractivity contribution in [2.24, 2.45) is 0 Å². The van der Waals surface area contributed by atoms with E-state index in [0.29, 0.717) is 0 Å². The van der Waals surface area contributed by atoms with Crippen LogP contribution in [0.25, 0.3) is 55.6 Å². The molecule has 4 aliphatic carbocycles. The van der Waals surface area contributed by atoms with Crippen molar-refractivity contribution >= 4 is 5.78 Å². The van der Waals surface area contributed by atoms with Gasteiger partial charge in [0.2, 0.25) is 0 Å². The molecular weight excluding hydrogens is 556 g/mol. The van der Waals surface area contributed by atoms with Gasteiger partial charge in [0, 0.05) is 5.56 Å². The van der Waals surface area contributed by atoms with Gasteiger partial charge < -0.3 is 0 Å². The highest BCUT2D eigenvalue weighted by Gasteiger charge is 2.54. The van der Waals surface area contributed by atoms with Crippen LogP contribution in [0.5, 0.6) is 0 Å². The molecular formula is C45H26O. The Labute approximate surface area is 267 Å². The standard InChI is InChI=1S/C45H26O/c46-44-32-17-5-4-14-28(32)34-24-27(26-12-2-1-3-13-26)25-35-31-22-23-39-41(42(31)43(44)40(34)35)33-18-8-11-21-38(33)45(39)36-19-9-6-15-29(36)30-16-7-10-20-37(30)45/h1-25,43H. The summed E-state index contributed by atoms with van der Waals surface area (Å²) in [5.41, 5.74) is 20.0. The number of rotatable bonds is 1. The van der Waals surface area contributed by atoms with Gasteiger partial charge >= 0.3 is 0 Å². The molecule has 7 aromatic carbocycles. The van der Waals surface area contributed by atoms with Crippen molar-refractivity contribution in [3.8, 4) is 55.6 Å². The van der Waals surface area contributed by atoms with E-state index < -0.39 is 5.41 Å². The summed E-state index contributed by atoms with van der Waals surface area (Å²) in [6, 6.07) is 55.0. The highest BCUT2D eigenvalue weighted by Crippen LogP contribution is 2.66. The number of carbonyl (C=O) groups excluding carboxylic acids is 1. The normalized spacial score (nSPS) is 16.3. The maximum Gasteiger partial charge on any atom is 0.175 e. The maximum absolute atomic E-state index is 14.8. The molecule has 0 N–H and O–H groups in total. The van der Waals surface area contributed by atoms with Crippen LogP contribution in [0.2, 0.25) is 0 Å². The molecule has 11 rings (SSSR count). The van der Waals surface area contributed by atoms with Crippen molar-refractivity contribution in [3.05, 3.63) is 191 Å². The van der Waals surface area contributed by atoms with Crippen molar-refractivity contribution in [1.82, 2.24) is 0 Å². The Hall–Kier alpha value is -5.79. The molecule has 0 fully saturated rings. The summed E-state index contributed by atoms with van der Waals surface area (Å²) in [5, 5.41) is 0. The molecule has 1 heteroatoms. The van der Waals surface area contributed by atoms with Crippen LogP contribution in [0.15, 0.2) is 152 Å². The highest BCUT2D eigenvalue weighted by molar-refractivity contribution is 6.18. The minimum atomic E-state index is -0.434. The molecule has 1 nitrogen and oxygen atoms in total. The molecule has 1 atom stereocenters. The van der Waals surface area contributed by atoms with Crippen molar-refractivity contribution in [3.63, 3.8) is 0 Å². The fraction of sp³-hybridized carbons (Fsp3) is 0.0444. The Bertz CT molecular complexity index is 2450. The number of carbonyl (C=O) groups is 1. The van der Waals surface area contributed by atoms with Gasteiger partial charge in [0.25, 0.3) is 0 Å². The maximum atomic E-state index is 14.8. The van der Waals surface area contributed by atoms with Crippen LogP contribution < -0.4 is 0 Å². The number of benzene rings is 7. The van der Waals surface area contributed by atoms with E-state index in [1.165, 1.54) is 77.9 Å². The summed E-state index contributed by atoms with van der Waals surface area (Å²) in [7, 11) is 0. The number of Topliss-reactive ketones (excluding diaryl/α,β-unsaturated/α-hetero) is 1. The molecule has 0 saturated carbocycles. The first-order valence-corrected chi connectivity index (χ1v) is 16.1. The third kappa shape index (κ3) is 2.73. The van der Waals surface area contributed by atoms with Gasteiger partial charge in [-0.15, -0.1) is 0 Å². The van der Waals surface area contributed by atoms with Crippen molar-refractivity contribution in [2.75, 3.05) is 0 Å². The molecule has 0 heterocycles. The van der Waals surface area contributed by atoms with Crippen LogP contribution in [-0.4, -0.2) is 5.78 Å². The zero-order chi connectivity index (χ0) is 30.1. The smallest absolute Gasteiger partial charge is 0.175 e. The molecule has 4 aliphatic rings. The quantitative estimate of drug-likeness (QED) is 0.188. The molecule has 0 bridgehead atoms. The van der Waals surface area contributed by atoms with Crippen LogP contribution in [0.3, 0.4) is 0 Å². The molecule has 7 aromatic rings. The number of fused-ring (bicyclic) bond motifs is 16. The van der Waals surface area contributed by atoms with Gasteiger partial charge in [-0.2, -0.15) is 0 Å². The van der Waals surface area contributed by atoms with E-state index in [-0.39, 0.29) is 11.7 Å². The Kier molecular flexibility index (Phi) is 4.52. The van der Waals surface area contributed by atoms with E-state index >= 15 is 0 Å². The Morgan fingerprint density at radius 2 is 0.891 bits per heavy atom. The zero-order valence-corrected chi connectivity index (χ0v) is 24.9. The van der Waals surface area contributed by atoms with Crippen LogP contribution in [-0.2, 0) is 5.41 Å². The molecule has 1 unspecified atom stereocenters. The van der Waals surface area contributed by atoms with Crippen LogP contribution in [0, 0.1) is 0 Å². The summed E-state index contributed by atoms with van der Waals surface area (Å²) in [6.45, 7) is 0. The van der Waals surface area contributed by atoms with E-state index in [0.717, 1.165) is 16.7 Å². The third-order valence-corrected chi connectivity index (χ3v) is 11.1. The zero-order valence-electron chi connectivity index (χ0n) is 24.9. The lowest BCUT2D eigenvalue weighted by Gasteiger charge is -2.31. The topological polar surface area (TPSA) is 17.1 Å². The first-order chi connectivity index (χ1) is 22.8. The first kappa shape index (κ1) is 24.5. The molecule has 0 radical (unpaired) electrons. The summed E-state index contributed by atoms with van der Waals surface area (Å²) in [4.78, 5) is 14.8. The van der Waals surface area contributed by atoms with Gasteiger partial charge in [0.15, 0.2) is 5.78 Å². The van der Waals surface area contributed by atoms with Crippen LogP contribution >= 0.6 is 0 Å². The van der Waals surface area contributed by atoms with E-state index in [9.17, 15) is 4.79 Å². The lowest BCUT2D eigenvalue weighted by Crippen LogP contribution is -2.26. The fourth-order valence-electron chi connectivity index (χ4n) is 9.45. The molecule has 46 heavy (non-hydrogen) atoms. The van der Waals surface area contributed by atoms with Gasteiger partial charge in [-0.3, -0.25) is 4.79 Å². The van der Waals surface area contributed by atoms with Gasteiger partial charge in [-0.1, -0.05) is 140 Å². The van der Waals surface area contributed by atoms with Gasteiger partial charge in [-0.05, 0) is 101 Å². The largest absolute Gasteiger partial charge is 0.293 e. The molecule has 0 saturated heterocycles. The van der Waals surface area contributed by atoms with Gasteiger partial charge in [0.05, 0.1) is 11.3 Å². The molecule has 0 aliphatic heterocycles. The van der Waals surface area contributed by atoms with Crippen molar-refractivity contribution < 1.29 is 4.79 Å². The predicted molar refractivity (Wildman–Crippen MR) is 185 cm³/mol. The fourth-order valence-corrected chi connectivity index (χ4v) is 9.45. The molecule has 0 aromatic heterocycles. The second-order valence-corrected chi connectivity index (χ2v) is 13.0. The molecule has 0 amide bonds. The summed E-state index contributed by atoms with van der Waals surface area (Å²) < 4.78 is 0. The van der Waals surface area contributed by atoms with E-state index in [4.69, 9.17) is 0 Å². The summed E-state index contributed by atoms with van der Waals surface area (Å²) >= 11 is 0. The Morgan fingerprint density at radius 1 is 0.370 bits per heavy atom. The van der Waals surface area contributed by atoms with Crippen LogP contribution in [0.1, 0.15) is 49.7 Å². The summed E-state index contributed by atoms with van der Waals surface area (Å²) in [5.74, 6) is -0.139. The van der Waals surface area contributed by atoms with E-state index in [1.807, 2.05) is 12.1 Å². The van der Waals surface area contributed by atoms with Crippen LogP contribution in [0.4, 0.5) is 0 Å². The lowest BCUT2D eigenvalue weighted by molar-refractivity contribution is 0.0974. The average molecular weight is 583 g/mol. The minimum absolute atomic E-state index is 0.203. The number of hydrogen-bond donors (Lipinski definition) is 0. The summed E-state index contributed by atoms with van der Waals surface area (Å²) in [6.07, 6.45) is 0. The van der Waals surface area contributed by atoms with Gasteiger partial charge in [0.1, 0.15) is 0 Å². The average Bonchev–Trinajstić information content (AvgIpc) is 3.73. The minimum Gasteiger partial charge on any atom is -0.293 e. The van der Waals surface area contributed by atoms with Crippen molar-refractivity contribution in [1.29, 1.82) is 0 Å². The molecule has 212 valence electrons. The predicted octanol–water partition coefficient (Wildman–Crippen LogP) is 10.7. The SMILES string of the molecule is O=C1c2ccccc2-c2cc(-c3ccccc3)cc3c2C1c1c-3ccc2c1-c1ccccc1C21c2ccccc2-c2ccccc21. The van der Waals surface area contributed by atoms with Gasteiger partial charge in [-0.25, -0.2) is 0 Å². The van der Waals surface area contributed by atoms with E-state index in [2.05, 4.69) is 140 Å².